The van der Waals surface area contributed by atoms with Gasteiger partial charge in [-0.05, 0) is 13.8 Å². The zero-order chi connectivity index (χ0) is 17.9. The van der Waals surface area contributed by atoms with Crippen LogP contribution in [0.2, 0.25) is 0 Å². The molecule has 2 N–H and O–H groups in total. The number of nitro groups is 1. The lowest BCUT2D eigenvalue weighted by molar-refractivity contribution is -0.384. The highest BCUT2D eigenvalue weighted by molar-refractivity contribution is 7.13. The van der Waals surface area contributed by atoms with E-state index in [0.29, 0.717) is 10.6 Å². The molecule has 0 saturated heterocycles. The monoisotopic (exact) mass is 349 g/mol. The third kappa shape index (κ3) is 3.93. The minimum Gasteiger partial charge on any atom is -0.481 e. The molecule has 2 rings (SSSR count). The SMILES string of the molecule is CC(C)(CNC(=O)c1csc(-c2cccc([N+](=O)[O-])c2)n1)C(=O)O. The number of carboxylic acids is 1. The zero-order valence-corrected chi connectivity index (χ0v) is 13.8. The maximum absolute atomic E-state index is 12.1. The average molecular weight is 349 g/mol. The van der Waals surface area contributed by atoms with E-state index in [0.717, 1.165) is 0 Å². The molecule has 126 valence electrons. The molecule has 2 aromatic rings. The number of thiazole rings is 1. The van der Waals surface area contributed by atoms with E-state index in [1.54, 1.807) is 12.1 Å². The summed E-state index contributed by atoms with van der Waals surface area (Å²) in [5.74, 6) is -1.50. The number of amides is 1. The number of hydrogen-bond donors (Lipinski definition) is 2. The highest BCUT2D eigenvalue weighted by atomic mass is 32.1. The molecule has 0 bridgehead atoms. The third-order valence-corrected chi connectivity index (χ3v) is 4.20. The summed E-state index contributed by atoms with van der Waals surface area (Å²) in [7, 11) is 0. The van der Waals surface area contributed by atoms with Crippen molar-refractivity contribution in [3.63, 3.8) is 0 Å². The zero-order valence-electron chi connectivity index (χ0n) is 13.0. The second kappa shape index (κ2) is 6.75. The van der Waals surface area contributed by atoms with E-state index in [1.807, 2.05) is 0 Å². The number of aliphatic carboxylic acids is 1. The Bertz CT molecular complexity index is 800. The van der Waals surface area contributed by atoms with Crippen molar-refractivity contribution in [2.45, 2.75) is 13.8 Å². The largest absolute Gasteiger partial charge is 0.481 e. The Labute approximate surface area is 141 Å². The van der Waals surface area contributed by atoms with Gasteiger partial charge in [-0.25, -0.2) is 4.98 Å². The summed E-state index contributed by atoms with van der Waals surface area (Å²) in [6.45, 7) is 2.97. The minimum atomic E-state index is -1.09. The first kappa shape index (κ1) is 17.5. The van der Waals surface area contributed by atoms with Crippen molar-refractivity contribution in [3.8, 4) is 10.6 Å². The fourth-order valence-corrected chi connectivity index (χ4v) is 2.53. The Kier molecular flexibility index (Phi) is 4.93. The normalized spacial score (nSPS) is 11.1. The molecule has 0 aliphatic rings. The quantitative estimate of drug-likeness (QED) is 0.610. The van der Waals surface area contributed by atoms with Gasteiger partial charge in [0.05, 0.1) is 10.3 Å². The molecule has 8 nitrogen and oxygen atoms in total. The van der Waals surface area contributed by atoms with Crippen molar-refractivity contribution < 1.29 is 19.6 Å². The molecule has 0 aliphatic heterocycles. The van der Waals surface area contributed by atoms with Gasteiger partial charge in [-0.2, -0.15) is 0 Å². The summed E-state index contributed by atoms with van der Waals surface area (Å²) in [5.41, 5.74) is -0.465. The summed E-state index contributed by atoms with van der Waals surface area (Å²) >= 11 is 1.18. The van der Waals surface area contributed by atoms with Gasteiger partial charge in [-0.3, -0.25) is 19.7 Å². The molecular weight excluding hydrogens is 334 g/mol. The van der Waals surface area contributed by atoms with Crippen molar-refractivity contribution in [1.29, 1.82) is 0 Å². The van der Waals surface area contributed by atoms with Gasteiger partial charge in [0.1, 0.15) is 10.7 Å². The highest BCUT2D eigenvalue weighted by Crippen LogP contribution is 2.27. The average Bonchev–Trinajstić information content (AvgIpc) is 3.02. The van der Waals surface area contributed by atoms with Crippen LogP contribution in [0.3, 0.4) is 0 Å². The van der Waals surface area contributed by atoms with Crippen molar-refractivity contribution in [2.24, 2.45) is 5.41 Å². The first-order valence-electron chi connectivity index (χ1n) is 6.92. The number of hydrogen-bond acceptors (Lipinski definition) is 6. The van der Waals surface area contributed by atoms with E-state index in [2.05, 4.69) is 10.3 Å². The number of aromatic nitrogens is 1. The minimum absolute atomic E-state index is 0.0369. The summed E-state index contributed by atoms with van der Waals surface area (Å²) < 4.78 is 0. The Morgan fingerprint density at radius 1 is 1.42 bits per heavy atom. The molecule has 1 aromatic heterocycles. The molecule has 0 spiro atoms. The van der Waals surface area contributed by atoms with E-state index >= 15 is 0 Å². The van der Waals surface area contributed by atoms with Gasteiger partial charge >= 0.3 is 5.97 Å². The van der Waals surface area contributed by atoms with Gasteiger partial charge in [0.15, 0.2) is 0 Å². The summed E-state index contributed by atoms with van der Waals surface area (Å²) in [6.07, 6.45) is 0. The summed E-state index contributed by atoms with van der Waals surface area (Å²) in [5, 5.41) is 24.4. The van der Waals surface area contributed by atoms with E-state index in [9.17, 15) is 19.7 Å². The second-order valence-corrected chi connectivity index (χ2v) is 6.58. The van der Waals surface area contributed by atoms with Gasteiger partial charge < -0.3 is 10.4 Å². The van der Waals surface area contributed by atoms with Gasteiger partial charge in [0, 0.05) is 29.6 Å². The van der Waals surface area contributed by atoms with Crippen molar-refractivity contribution in [1.82, 2.24) is 10.3 Å². The first-order valence-corrected chi connectivity index (χ1v) is 7.80. The second-order valence-electron chi connectivity index (χ2n) is 5.72. The molecule has 0 fully saturated rings. The Hall–Kier alpha value is -2.81. The Morgan fingerprint density at radius 3 is 2.75 bits per heavy atom. The fraction of sp³-hybridized carbons (Fsp3) is 0.267. The fourth-order valence-electron chi connectivity index (χ4n) is 1.73. The lowest BCUT2D eigenvalue weighted by Gasteiger charge is -2.18. The molecule has 9 heteroatoms. The van der Waals surface area contributed by atoms with Gasteiger partial charge in [-0.1, -0.05) is 12.1 Å². The topological polar surface area (TPSA) is 122 Å². The lowest BCUT2D eigenvalue weighted by Crippen LogP contribution is -2.39. The molecule has 24 heavy (non-hydrogen) atoms. The van der Waals surface area contributed by atoms with Crippen LogP contribution in [0, 0.1) is 15.5 Å². The van der Waals surface area contributed by atoms with E-state index in [4.69, 9.17) is 5.11 Å². The molecule has 0 radical (unpaired) electrons. The number of carbonyl (C=O) groups excluding carboxylic acids is 1. The van der Waals surface area contributed by atoms with Crippen LogP contribution >= 0.6 is 11.3 Å². The molecule has 0 aliphatic carbocycles. The van der Waals surface area contributed by atoms with E-state index in [-0.39, 0.29) is 17.9 Å². The number of nitro benzene ring substituents is 1. The van der Waals surface area contributed by atoms with Gasteiger partial charge in [0.25, 0.3) is 11.6 Å². The predicted octanol–water partition coefficient (Wildman–Crippen LogP) is 2.56. The molecule has 0 atom stereocenters. The number of non-ortho nitro benzene ring substituents is 1. The molecule has 0 unspecified atom stereocenters. The third-order valence-electron chi connectivity index (χ3n) is 3.31. The van der Waals surface area contributed by atoms with Crippen LogP contribution in [-0.4, -0.2) is 33.4 Å². The van der Waals surface area contributed by atoms with E-state index in [1.165, 1.54) is 42.7 Å². The van der Waals surface area contributed by atoms with Crippen LogP contribution in [0.15, 0.2) is 29.6 Å². The standard InChI is InChI=1S/C15H15N3O5S/c1-15(2,14(20)21)8-16-12(19)11-7-24-13(17-11)9-4-3-5-10(6-9)18(22)23/h3-7H,8H2,1-2H3,(H,16,19)(H,20,21). The van der Waals surface area contributed by atoms with Crippen LogP contribution in [0.4, 0.5) is 5.69 Å². The number of nitrogens with zero attached hydrogens (tertiary/aromatic N) is 2. The van der Waals surface area contributed by atoms with Crippen molar-refractivity contribution >= 4 is 28.9 Å². The van der Waals surface area contributed by atoms with E-state index < -0.39 is 22.2 Å². The summed E-state index contributed by atoms with van der Waals surface area (Å²) in [4.78, 5) is 37.6. The number of carbonyl (C=O) groups is 2. The number of benzene rings is 1. The van der Waals surface area contributed by atoms with Gasteiger partial charge in [-0.15, -0.1) is 11.3 Å². The van der Waals surface area contributed by atoms with Gasteiger partial charge in [0.2, 0.25) is 0 Å². The van der Waals surface area contributed by atoms with Crippen molar-refractivity contribution in [2.75, 3.05) is 6.54 Å². The van der Waals surface area contributed by atoms with Crippen molar-refractivity contribution in [3.05, 3.63) is 45.5 Å². The van der Waals surface area contributed by atoms with Crippen LogP contribution in [0.5, 0.6) is 0 Å². The Morgan fingerprint density at radius 2 is 2.12 bits per heavy atom. The van der Waals surface area contributed by atoms with Crippen LogP contribution in [-0.2, 0) is 4.79 Å². The van der Waals surface area contributed by atoms with Crippen LogP contribution in [0.25, 0.3) is 10.6 Å². The Balaban J connectivity index is 2.13. The summed E-state index contributed by atoms with van der Waals surface area (Å²) in [6, 6.07) is 5.97. The van der Waals surface area contributed by atoms with Crippen LogP contribution < -0.4 is 5.32 Å². The number of nitrogens with one attached hydrogen (secondary N) is 1. The maximum atomic E-state index is 12.1. The lowest BCUT2D eigenvalue weighted by atomic mass is 9.94. The smallest absolute Gasteiger partial charge is 0.310 e. The number of carboxylic acid groups (broad SMARTS) is 1. The van der Waals surface area contributed by atoms with Crippen LogP contribution in [0.1, 0.15) is 24.3 Å². The highest BCUT2D eigenvalue weighted by Gasteiger charge is 2.28. The maximum Gasteiger partial charge on any atom is 0.310 e. The molecule has 1 amide bonds. The molecule has 1 heterocycles. The first-order chi connectivity index (χ1) is 11.2. The molecule has 0 saturated carbocycles. The predicted molar refractivity (Wildman–Crippen MR) is 88.0 cm³/mol. The molecular formula is C15H15N3O5S. The number of rotatable bonds is 6. The molecule has 1 aromatic carbocycles.